The third kappa shape index (κ3) is 6.85. The Morgan fingerprint density at radius 1 is 1.18 bits per heavy atom. The summed E-state index contributed by atoms with van der Waals surface area (Å²) in [6, 6.07) is 0. The topological polar surface area (TPSA) is 38.5 Å². The van der Waals surface area contributed by atoms with Gasteiger partial charge >= 0.3 is 6.18 Å². The first kappa shape index (κ1) is 14.7. The minimum Gasteiger partial charge on any atom is -0.379 e. The molecule has 1 rings (SSSR count). The summed E-state index contributed by atoms with van der Waals surface area (Å²) in [6.45, 7) is 4.04. The first-order chi connectivity index (χ1) is 8.01. The molecule has 17 heavy (non-hydrogen) atoms. The zero-order valence-electron chi connectivity index (χ0n) is 10.0. The van der Waals surface area contributed by atoms with Crippen LogP contribution in [0.2, 0.25) is 0 Å². The predicted octanol–water partition coefficient (Wildman–Crippen LogP) is 1.63. The van der Waals surface area contributed by atoms with Gasteiger partial charge in [-0.1, -0.05) is 0 Å². The van der Waals surface area contributed by atoms with Crippen molar-refractivity contribution < 1.29 is 17.9 Å². The number of ether oxygens (including phenoxy) is 1. The number of hydrogen-bond donors (Lipinski definition) is 1. The van der Waals surface area contributed by atoms with Gasteiger partial charge in [0.15, 0.2) is 0 Å². The Labute approximate surface area is 100 Å². The van der Waals surface area contributed by atoms with E-state index >= 15 is 0 Å². The quantitative estimate of drug-likeness (QED) is 0.783. The van der Waals surface area contributed by atoms with E-state index in [-0.39, 0.29) is 5.92 Å². The van der Waals surface area contributed by atoms with Crippen LogP contribution in [0, 0.1) is 5.92 Å². The zero-order chi connectivity index (χ0) is 12.7. The Hall–Kier alpha value is -0.330. The molecule has 0 aromatic rings. The van der Waals surface area contributed by atoms with Crippen molar-refractivity contribution in [3.8, 4) is 0 Å². The molecule has 2 N–H and O–H groups in total. The molecule has 6 heteroatoms. The normalized spacial score (nSPS) is 20.5. The molecule has 0 bridgehead atoms. The van der Waals surface area contributed by atoms with Crippen molar-refractivity contribution in [1.29, 1.82) is 0 Å². The number of hydrogen-bond acceptors (Lipinski definition) is 3. The van der Waals surface area contributed by atoms with Gasteiger partial charge in [0, 0.05) is 19.5 Å². The lowest BCUT2D eigenvalue weighted by Crippen LogP contribution is -2.37. The van der Waals surface area contributed by atoms with E-state index < -0.39 is 12.6 Å². The minimum absolute atomic E-state index is 0.323. The van der Waals surface area contributed by atoms with E-state index in [0.29, 0.717) is 39.1 Å². The van der Waals surface area contributed by atoms with Gasteiger partial charge < -0.3 is 10.5 Å². The Bertz CT molecular complexity index is 205. The summed E-state index contributed by atoms with van der Waals surface area (Å²) in [7, 11) is 0. The Balaban J connectivity index is 2.27. The number of nitrogens with zero attached hydrogens (tertiary/aromatic N) is 1. The van der Waals surface area contributed by atoms with Crippen molar-refractivity contribution in [1.82, 2.24) is 4.90 Å². The number of rotatable bonds is 6. The van der Waals surface area contributed by atoms with Gasteiger partial charge in [-0.05, 0) is 31.8 Å². The van der Waals surface area contributed by atoms with Crippen LogP contribution in [0.15, 0.2) is 0 Å². The van der Waals surface area contributed by atoms with Gasteiger partial charge in [0.1, 0.15) is 0 Å². The van der Waals surface area contributed by atoms with E-state index in [0.717, 1.165) is 13.1 Å². The van der Waals surface area contributed by atoms with Crippen LogP contribution in [0.25, 0.3) is 0 Å². The van der Waals surface area contributed by atoms with Crippen molar-refractivity contribution >= 4 is 0 Å². The molecule has 0 spiro atoms. The average molecular weight is 254 g/mol. The van der Waals surface area contributed by atoms with Crippen molar-refractivity contribution in [3.05, 3.63) is 0 Å². The van der Waals surface area contributed by atoms with Gasteiger partial charge in [-0.25, -0.2) is 0 Å². The highest BCUT2D eigenvalue weighted by molar-refractivity contribution is 4.69. The molecule has 0 aromatic heterocycles. The molecule has 1 heterocycles. The number of halogens is 3. The Morgan fingerprint density at radius 3 is 2.35 bits per heavy atom. The van der Waals surface area contributed by atoms with E-state index in [1.807, 2.05) is 0 Å². The highest BCUT2D eigenvalue weighted by Crippen LogP contribution is 2.28. The second-order valence-electron chi connectivity index (χ2n) is 4.51. The fourth-order valence-electron chi connectivity index (χ4n) is 2.10. The summed E-state index contributed by atoms with van der Waals surface area (Å²) in [5, 5.41) is 0. The maximum atomic E-state index is 12.3. The van der Waals surface area contributed by atoms with Crippen LogP contribution in [-0.4, -0.2) is 50.5 Å². The van der Waals surface area contributed by atoms with E-state index in [1.165, 1.54) is 0 Å². The molecular weight excluding hydrogens is 233 g/mol. The molecule has 1 aliphatic rings. The predicted molar refractivity (Wildman–Crippen MR) is 59.7 cm³/mol. The Kier molecular flexibility index (Phi) is 6.22. The van der Waals surface area contributed by atoms with Crippen molar-refractivity contribution in [2.45, 2.75) is 25.4 Å². The first-order valence-electron chi connectivity index (χ1n) is 6.08. The summed E-state index contributed by atoms with van der Waals surface area (Å²) in [5.74, 6) is -0.345. The molecule has 0 aliphatic carbocycles. The first-order valence-corrected chi connectivity index (χ1v) is 6.08. The van der Waals surface area contributed by atoms with Crippen LogP contribution in [0.5, 0.6) is 0 Å². The molecule has 0 radical (unpaired) electrons. The van der Waals surface area contributed by atoms with E-state index in [2.05, 4.69) is 4.90 Å². The van der Waals surface area contributed by atoms with Crippen molar-refractivity contribution in [3.63, 3.8) is 0 Å². The summed E-state index contributed by atoms with van der Waals surface area (Å²) in [6.07, 6.45) is -3.78. The molecule has 1 fully saturated rings. The molecule has 0 aromatic carbocycles. The molecular formula is C11H21F3N2O. The molecule has 1 saturated heterocycles. The smallest absolute Gasteiger partial charge is 0.379 e. The van der Waals surface area contributed by atoms with E-state index in [4.69, 9.17) is 10.5 Å². The lowest BCUT2D eigenvalue weighted by Gasteiger charge is -2.28. The molecule has 3 nitrogen and oxygen atoms in total. The third-order valence-corrected chi connectivity index (χ3v) is 3.05. The fourth-order valence-corrected chi connectivity index (χ4v) is 2.10. The van der Waals surface area contributed by atoms with Crippen molar-refractivity contribution in [2.24, 2.45) is 11.7 Å². The van der Waals surface area contributed by atoms with Gasteiger partial charge in [0.2, 0.25) is 0 Å². The van der Waals surface area contributed by atoms with Crippen LogP contribution in [0.1, 0.15) is 19.3 Å². The van der Waals surface area contributed by atoms with Gasteiger partial charge in [-0.3, -0.25) is 4.90 Å². The zero-order valence-corrected chi connectivity index (χ0v) is 10.0. The van der Waals surface area contributed by atoms with Crippen LogP contribution >= 0.6 is 0 Å². The second kappa shape index (κ2) is 7.18. The number of alkyl halides is 3. The molecule has 0 saturated carbocycles. The number of nitrogens with two attached hydrogens (primary N) is 1. The van der Waals surface area contributed by atoms with Crippen molar-refractivity contribution in [2.75, 3.05) is 39.4 Å². The summed E-state index contributed by atoms with van der Waals surface area (Å²) >= 11 is 0. The van der Waals surface area contributed by atoms with Crippen LogP contribution in [0.4, 0.5) is 13.2 Å². The summed E-state index contributed by atoms with van der Waals surface area (Å²) in [4.78, 5) is 2.16. The lowest BCUT2D eigenvalue weighted by molar-refractivity contribution is -0.145. The fraction of sp³-hybridized carbons (Fsp3) is 1.00. The van der Waals surface area contributed by atoms with Gasteiger partial charge in [0.05, 0.1) is 13.2 Å². The Morgan fingerprint density at radius 2 is 1.82 bits per heavy atom. The summed E-state index contributed by atoms with van der Waals surface area (Å²) < 4.78 is 42.2. The van der Waals surface area contributed by atoms with Gasteiger partial charge in [-0.15, -0.1) is 0 Å². The average Bonchev–Trinajstić information content (AvgIpc) is 2.26. The maximum absolute atomic E-state index is 12.3. The maximum Gasteiger partial charge on any atom is 0.389 e. The molecule has 0 amide bonds. The molecule has 102 valence electrons. The van der Waals surface area contributed by atoms with Crippen LogP contribution in [-0.2, 0) is 4.74 Å². The standard InChI is InChI=1S/C11H21F3N2O/c12-11(13,14)9-10(1-3-15)2-4-16-5-7-17-8-6-16/h10H,1-9,15H2. The van der Waals surface area contributed by atoms with Gasteiger partial charge in [0.25, 0.3) is 0 Å². The second-order valence-corrected chi connectivity index (χ2v) is 4.51. The van der Waals surface area contributed by atoms with Crippen LogP contribution < -0.4 is 5.73 Å². The highest BCUT2D eigenvalue weighted by atomic mass is 19.4. The minimum atomic E-state index is -4.08. The molecule has 1 aliphatic heterocycles. The molecule has 1 unspecified atom stereocenters. The van der Waals surface area contributed by atoms with E-state index in [1.54, 1.807) is 0 Å². The highest BCUT2D eigenvalue weighted by Gasteiger charge is 2.31. The molecule has 1 atom stereocenters. The largest absolute Gasteiger partial charge is 0.389 e. The van der Waals surface area contributed by atoms with E-state index in [9.17, 15) is 13.2 Å². The number of morpholine rings is 1. The SMILES string of the molecule is NCCC(CCN1CCOCC1)CC(F)(F)F. The summed E-state index contributed by atoms with van der Waals surface area (Å²) in [5.41, 5.74) is 5.36. The van der Waals surface area contributed by atoms with Crippen LogP contribution in [0.3, 0.4) is 0 Å². The monoisotopic (exact) mass is 254 g/mol. The lowest BCUT2D eigenvalue weighted by atomic mass is 9.97. The third-order valence-electron chi connectivity index (χ3n) is 3.05. The van der Waals surface area contributed by atoms with Gasteiger partial charge in [-0.2, -0.15) is 13.2 Å².